The fourth-order valence-electron chi connectivity index (χ4n) is 2.69. The molecule has 6 heteroatoms. The molecule has 0 saturated carbocycles. The number of nitrogens with one attached hydrogen (secondary N) is 2. The van der Waals surface area contributed by atoms with E-state index in [0.717, 1.165) is 23.0 Å². The predicted molar refractivity (Wildman–Crippen MR) is 108 cm³/mol. The number of imidazole rings is 1. The van der Waals surface area contributed by atoms with Gasteiger partial charge >= 0.3 is 0 Å². The molecular weight excluding hydrogens is 338 g/mol. The number of guanidine groups is 1. The van der Waals surface area contributed by atoms with Gasteiger partial charge in [0.1, 0.15) is 12.4 Å². The summed E-state index contributed by atoms with van der Waals surface area (Å²) >= 11 is 0. The van der Waals surface area contributed by atoms with Crippen molar-refractivity contribution in [3.8, 4) is 11.4 Å². The number of aliphatic imine (C=N–C) groups is 1. The largest absolute Gasteiger partial charge is 0.492 e. The van der Waals surface area contributed by atoms with Crippen LogP contribution < -0.4 is 15.4 Å². The summed E-state index contributed by atoms with van der Waals surface area (Å²) in [5.41, 5.74) is 3.48. The van der Waals surface area contributed by atoms with E-state index >= 15 is 0 Å². The van der Waals surface area contributed by atoms with Gasteiger partial charge in [-0.15, -0.1) is 0 Å². The first-order valence-electron chi connectivity index (χ1n) is 8.96. The average molecular weight is 363 g/mol. The fourth-order valence-corrected chi connectivity index (χ4v) is 2.69. The molecule has 27 heavy (non-hydrogen) atoms. The molecule has 3 aromatic rings. The van der Waals surface area contributed by atoms with Crippen LogP contribution in [0.25, 0.3) is 5.69 Å². The Hall–Kier alpha value is -3.28. The van der Waals surface area contributed by atoms with Crippen LogP contribution in [0.1, 0.15) is 11.1 Å². The Morgan fingerprint density at radius 1 is 1.11 bits per heavy atom. The van der Waals surface area contributed by atoms with Gasteiger partial charge in [-0.25, -0.2) is 4.98 Å². The lowest BCUT2D eigenvalue weighted by atomic mass is 10.1. The molecule has 3 rings (SSSR count). The molecule has 0 unspecified atom stereocenters. The van der Waals surface area contributed by atoms with Gasteiger partial charge in [-0.3, -0.25) is 4.99 Å². The van der Waals surface area contributed by atoms with E-state index in [1.807, 2.05) is 47.2 Å². The minimum absolute atomic E-state index is 0.565. The van der Waals surface area contributed by atoms with Crippen LogP contribution in [0.4, 0.5) is 0 Å². The highest BCUT2D eigenvalue weighted by Gasteiger charge is 2.05. The van der Waals surface area contributed by atoms with Gasteiger partial charge in [-0.2, -0.15) is 0 Å². The first-order chi connectivity index (χ1) is 13.3. The van der Waals surface area contributed by atoms with E-state index in [2.05, 4.69) is 39.7 Å². The third-order valence-electron chi connectivity index (χ3n) is 4.13. The van der Waals surface area contributed by atoms with Crippen molar-refractivity contribution in [3.63, 3.8) is 0 Å². The molecule has 0 bridgehead atoms. The third-order valence-corrected chi connectivity index (χ3v) is 4.13. The number of para-hydroxylation sites is 1. The van der Waals surface area contributed by atoms with Gasteiger partial charge in [0, 0.05) is 26.0 Å². The first kappa shape index (κ1) is 18.5. The lowest BCUT2D eigenvalue weighted by molar-refractivity contribution is 0.322. The molecule has 0 spiro atoms. The Kier molecular flexibility index (Phi) is 6.46. The normalized spacial score (nSPS) is 11.3. The maximum atomic E-state index is 5.73. The summed E-state index contributed by atoms with van der Waals surface area (Å²) in [6.07, 6.45) is 5.52. The van der Waals surface area contributed by atoms with E-state index in [-0.39, 0.29) is 0 Å². The van der Waals surface area contributed by atoms with E-state index in [1.54, 1.807) is 19.6 Å². The van der Waals surface area contributed by atoms with Gasteiger partial charge in [-0.05, 0) is 30.7 Å². The monoisotopic (exact) mass is 363 g/mol. The van der Waals surface area contributed by atoms with Crippen molar-refractivity contribution in [1.29, 1.82) is 0 Å². The molecule has 0 radical (unpaired) electrons. The lowest BCUT2D eigenvalue weighted by Crippen LogP contribution is -2.39. The number of hydrogen-bond donors (Lipinski definition) is 2. The molecule has 0 amide bonds. The highest BCUT2D eigenvalue weighted by molar-refractivity contribution is 5.79. The van der Waals surface area contributed by atoms with Crippen LogP contribution in [0, 0.1) is 6.92 Å². The van der Waals surface area contributed by atoms with Gasteiger partial charge in [0.05, 0.1) is 18.6 Å². The molecule has 0 aliphatic rings. The third kappa shape index (κ3) is 5.34. The van der Waals surface area contributed by atoms with Crippen LogP contribution >= 0.6 is 0 Å². The van der Waals surface area contributed by atoms with Crippen molar-refractivity contribution in [1.82, 2.24) is 20.2 Å². The number of benzene rings is 2. The van der Waals surface area contributed by atoms with Crippen LogP contribution in [0.3, 0.4) is 0 Å². The van der Waals surface area contributed by atoms with E-state index in [0.29, 0.717) is 19.7 Å². The minimum atomic E-state index is 0.565. The van der Waals surface area contributed by atoms with Crippen molar-refractivity contribution in [2.45, 2.75) is 13.5 Å². The summed E-state index contributed by atoms with van der Waals surface area (Å²) in [6.45, 7) is 3.95. The SMILES string of the molecule is CN=C(NCCOc1ccc(C)cc1)NCc1ccccc1-n1ccnc1. The van der Waals surface area contributed by atoms with Crippen LogP contribution in [0.2, 0.25) is 0 Å². The zero-order valence-corrected chi connectivity index (χ0v) is 15.7. The Morgan fingerprint density at radius 3 is 2.67 bits per heavy atom. The topological polar surface area (TPSA) is 63.5 Å². The second-order valence-corrected chi connectivity index (χ2v) is 6.11. The maximum Gasteiger partial charge on any atom is 0.191 e. The Bertz CT molecular complexity index is 857. The summed E-state index contributed by atoms with van der Waals surface area (Å²) < 4.78 is 7.73. The minimum Gasteiger partial charge on any atom is -0.492 e. The zero-order chi connectivity index (χ0) is 18.9. The summed E-state index contributed by atoms with van der Waals surface area (Å²) in [7, 11) is 1.76. The molecule has 140 valence electrons. The lowest BCUT2D eigenvalue weighted by Gasteiger charge is -2.15. The molecule has 0 aliphatic heterocycles. The summed E-state index contributed by atoms with van der Waals surface area (Å²) in [5, 5.41) is 6.61. The van der Waals surface area contributed by atoms with Crippen LogP contribution in [0.5, 0.6) is 5.75 Å². The fraction of sp³-hybridized carbons (Fsp3) is 0.238. The quantitative estimate of drug-likeness (QED) is 0.385. The number of rotatable bonds is 7. The molecule has 1 aromatic heterocycles. The van der Waals surface area contributed by atoms with Crippen molar-refractivity contribution in [2.75, 3.05) is 20.2 Å². The highest BCUT2D eigenvalue weighted by atomic mass is 16.5. The average Bonchev–Trinajstić information content (AvgIpc) is 3.24. The van der Waals surface area contributed by atoms with E-state index in [9.17, 15) is 0 Å². The molecule has 2 N–H and O–H groups in total. The molecule has 0 aliphatic carbocycles. The number of aryl methyl sites for hydroxylation is 1. The second-order valence-electron chi connectivity index (χ2n) is 6.11. The molecular formula is C21H25N5O. The Balaban J connectivity index is 1.48. The summed E-state index contributed by atoms with van der Waals surface area (Å²) in [6, 6.07) is 16.3. The first-order valence-corrected chi connectivity index (χ1v) is 8.96. The molecule has 2 aromatic carbocycles. The molecule has 1 heterocycles. The van der Waals surface area contributed by atoms with Crippen molar-refractivity contribution in [3.05, 3.63) is 78.4 Å². The summed E-state index contributed by atoms with van der Waals surface area (Å²) in [4.78, 5) is 8.39. The van der Waals surface area contributed by atoms with E-state index in [1.165, 1.54) is 5.56 Å². The van der Waals surface area contributed by atoms with Gasteiger partial charge in [0.15, 0.2) is 5.96 Å². The molecule has 6 nitrogen and oxygen atoms in total. The zero-order valence-electron chi connectivity index (χ0n) is 15.7. The highest BCUT2D eigenvalue weighted by Crippen LogP contribution is 2.13. The van der Waals surface area contributed by atoms with Gasteiger partial charge in [0.2, 0.25) is 0 Å². The Morgan fingerprint density at radius 2 is 1.93 bits per heavy atom. The standard InChI is InChI=1S/C21H25N5O/c1-17-7-9-19(10-8-17)27-14-12-24-21(22-2)25-15-18-5-3-4-6-20(18)26-13-11-23-16-26/h3-11,13,16H,12,14-15H2,1-2H3,(H2,22,24,25). The van der Waals surface area contributed by atoms with Crippen molar-refractivity contribution in [2.24, 2.45) is 4.99 Å². The van der Waals surface area contributed by atoms with Crippen molar-refractivity contribution >= 4 is 5.96 Å². The summed E-state index contributed by atoms with van der Waals surface area (Å²) in [5.74, 6) is 1.61. The van der Waals surface area contributed by atoms with Crippen LogP contribution in [0.15, 0.2) is 72.2 Å². The van der Waals surface area contributed by atoms with Crippen LogP contribution in [-0.2, 0) is 6.54 Å². The molecule has 0 fully saturated rings. The Labute approximate surface area is 159 Å². The van der Waals surface area contributed by atoms with Gasteiger partial charge < -0.3 is 19.9 Å². The van der Waals surface area contributed by atoms with Crippen molar-refractivity contribution < 1.29 is 4.74 Å². The van der Waals surface area contributed by atoms with Crippen LogP contribution in [-0.4, -0.2) is 35.7 Å². The maximum absolute atomic E-state index is 5.73. The second kappa shape index (κ2) is 9.43. The molecule has 0 atom stereocenters. The van der Waals surface area contributed by atoms with Gasteiger partial charge in [-0.1, -0.05) is 35.9 Å². The number of nitrogens with zero attached hydrogens (tertiary/aromatic N) is 3. The van der Waals surface area contributed by atoms with E-state index in [4.69, 9.17) is 4.74 Å². The molecule has 0 saturated heterocycles. The number of aromatic nitrogens is 2. The number of ether oxygens (including phenoxy) is 1. The number of hydrogen-bond acceptors (Lipinski definition) is 3. The van der Waals surface area contributed by atoms with E-state index < -0.39 is 0 Å². The smallest absolute Gasteiger partial charge is 0.191 e. The predicted octanol–water partition coefficient (Wildman–Crippen LogP) is 2.92. The van der Waals surface area contributed by atoms with Gasteiger partial charge in [0.25, 0.3) is 0 Å².